The topological polar surface area (TPSA) is 37.3 Å². The van der Waals surface area contributed by atoms with Crippen molar-refractivity contribution >= 4 is 28.6 Å². The highest BCUT2D eigenvalue weighted by Crippen LogP contribution is 1.96. The lowest BCUT2D eigenvalue weighted by molar-refractivity contribution is -0.137. The molecule has 0 saturated heterocycles. The van der Waals surface area contributed by atoms with E-state index in [1.54, 1.807) is 0 Å². The van der Waals surface area contributed by atoms with Gasteiger partial charge in [-0.15, -0.1) is 0 Å². The Labute approximate surface area is 74.5 Å². The summed E-state index contributed by atoms with van der Waals surface area (Å²) in [6.07, 6.45) is 5.99. The Balaban J connectivity index is 3.05. The number of rotatable bonds is 5. The van der Waals surface area contributed by atoms with Crippen LogP contribution in [0.15, 0.2) is 12.2 Å². The van der Waals surface area contributed by atoms with Crippen molar-refractivity contribution in [1.82, 2.24) is 0 Å². The van der Waals surface area contributed by atoms with Gasteiger partial charge in [0.2, 0.25) is 0 Å². The van der Waals surface area contributed by atoms with Crippen molar-refractivity contribution in [3.05, 3.63) is 12.2 Å². The SMILES string of the molecule is O=C(O)CCC/C=C\CI. The molecule has 2 nitrogen and oxygen atoms in total. The van der Waals surface area contributed by atoms with E-state index in [0.29, 0.717) is 0 Å². The minimum atomic E-state index is -0.706. The van der Waals surface area contributed by atoms with Gasteiger partial charge in [0.15, 0.2) is 0 Å². The largest absolute Gasteiger partial charge is 0.481 e. The Morgan fingerprint density at radius 3 is 2.70 bits per heavy atom. The van der Waals surface area contributed by atoms with Gasteiger partial charge >= 0.3 is 5.97 Å². The number of allylic oxidation sites excluding steroid dienone is 2. The maximum atomic E-state index is 10.0. The predicted molar refractivity (Wildman–Crippen MR) is 49.5 cm³/mol. The lowest BCUT2D eigenvalue weighted by atomic mass is 10.2. The van der Waals surface area contributed by atoms with E-state index in [1.165, 1.54) is 0 Å². The fourth-order valence-corrected chi connectivity index (χ4v) is 0.912. The molecular formula is C7H11IO2. The number of hydrogen-bond acceptors (Lipinski definition) is 1. The lowest BCUT2D eigenvalue weighted by Crippen LogP contribution is -1.92. The molecule has 0 atom stereocenters. The van der Waals surface area contributed by atoms with E-state index in [9.17, 15) is 4.79 Å². The fraction of sp³-hybridized carbons (Fsp3) is 0.571. The van der Waals surface area contributed by atoms with Crippen LogP contribution in [0.4, 0.5) is 0 Å². The summed E-state index contributed by atoms with van der Waals surface area (Å²) in [5.41, 5.74) is 0. The van der Waals surface area contributed by atoms with Crippen molar-refractivity contribution in [2.75, 3.05) is 4.43 Å². The number of carboxylic acid groups (broad SMARTS) is 1. The van der Waals surface area contributed by atoms with Gasteiger partial charge in [-0.2, -0.15) is 0 Å². The van der Waals surface area contributed by atoms with Gasteiger partial charge in [-0.25, -0.2) is 0 Å². The molecule has 0 aliphatic rings. The van der Waals surface area contributed by atoms with Crippen molar-refractivity contribution in [3.8, 4) is 0 Å². The molecule has 0 radical (unpaired) electrons. The van der Waals surface area contributed by atoms with E-state index in [2.05, 4.69) is 22.6 Å². The van der Waals surface area contributed by atoms with Crippen LogP contribution in [0, 0.1) is 0 Å². The summed E-state index contributed by atoms with van der Waals surface area (Å²) in [7, 11) is 0. The molecule has 0 fully saturated rings. The summed E-state index contributed by atoms with van der Waals surface area (Å²) in [6.45, 7) is 0. The van der Waals surface area contributed by atoms with Crippen molar-refractivity contribution in [3.63, 3.8) is 0 Å². The van der Waals surface area contributed by atoms with Crippen LogP contribution in [0.25, 0.3) is 0 Å². The second-order valence-electron chi connectivity index (χ2n) is 1.91. The van der Waals surface area contributed by atoms with Crippen LogP contribution in [0.3, 0.4) is 0 Å². The minimum Gasteiger partial charge on any atom is -0.481 e. The highest BCUT2D eigenvalue weighted by molar-refractivity contribution is 14.1. The van der Waals surface area contributed by atoms with Crippen molar-refractivity contribution < 1.29 is 9.90 Å². The summed E-state index contributed by atoms with van der Waals surface area (Å²) in [6, 6.07) is 0. The van der Waals surface area contributed by atoms with Crippen LogP contribution < -0.4 is 0 Å². The Morgan fingerprint density at radius 1 is 1.50 bits per heavy atom. The minimum absolute atomic E-state index is 0.283. The first-order valence-electron chi connectivity index (χ1n) is 3.20. The zero-order valence-corrected chi connectivity index (χ0v) is 7.87. The molecular weight excluding hydrogens is 243 g/mol. The zero-order valence-electron chi connectivity index (χ0n) is 5.72. The summed E-state index contributed by atoms with van der Waals surface area (Å²) < 4.78 is 1.00. The summed E-state index contributed by atoms with van der Waals surface area (Å²) in [4.78, 5) is 10.0. The third-order valence-electron chi connectivity index (χ3n) is 1.02. The quantitative estimate of drug-likeness (QED) is 0.353. The molecule has 0 saturated carbocycles. The van der Waals surface area contributed by atoms with Crippen LogP contribution in [0.1, 0.15) is 19.3 Å². The van der Waals surface area contributed by atoms with Crippen LogP contribution in [-0.4, -0.2) is 15.5 Å². The van der Waals surface area contributed by atoms with Crippen molar-refractivity contribution in [2.45, 2.75) is 19.3 Å². The Kier molecular flexibility index (Phi) is 7.01. The monoisotopic (exact) mass is 254 g/mol. The van der Waals surface area contributed by atoms with Gasteiger partial charge in [-0.3, -0.25) is 4.79 Å². The van der Waals surface area contributed by atoms with E-state index in [-0.39, 0.29) is 6.42 Å². The van der Waals surface area contributed by atoms with E-state index < -0.39 is 5.97 Å². The standard InChI is InChI=1S/C7H11IO2/c8-6-4-2-1-3-5-7(9)10/h2,4H,1,3,5-6H2,(H,9,10)/b4-2-. The average Bonchev–Trinajstić information content (AvgIpc) is 1.87. The maximum absolute atomic E-state index is 10.0. The first-order chi connectivity index (χ1) is 4.77. The molecule has 0 aromatic heterocycles. The number of hydrogen-bond donors (Lipinski definition) is 1. The average molecular weight is 254 g/mol. The Morgan fingerprint density at radius 2 is 2.20 bits per heavy atom. The lowest BCUT2D eigenvalue weighted by Gasteiger charge is -1.88. The maximum Gasteiger partial charge on any atom is 0.303 e. The van der Waals surface area contributed by atoms with Crippen LogP contribution >= 0.6 is 22.6 Å². The van der Waals surface area contributed by atoms with Gasteiger partial charge in [0.05, 0.1) is 0 Å². The molecule has 0 spiro atoms. The molecule has 0 aromatic carbocycles. The second kappa shape index (κ2) is 7.05. The summed E-state index contributed by atoms with van der Waals surface area (Å²) in [5.74, 6) is -0.706. The molecule has 0 amide bonds. The number of halogens is 1. The van der Waals surface area contributed by atoms with Gasteiger partial charge in [0.1, 0.15) is 0 Å². The predicted octanol–water partition coefficient (Wildman–Crippen LogP) is 2.23. The van der Waals surface area contributed by atoms with E-state index in [0.717, 1.165) is 17.3 Å². The summed E-state index contributed by atoms with van der Waals surface area (Å²) >= 11 is 2.25. The molecule has 3 heteroatoms. The highest BCUT2D eigenvalue weighted by Gasteiger charge is 1.92. The normalized spacial score (nSPS) is 10.5. The van der Waals surface area contributed by atoms with Gasteiger partial charge in [-0.05, 0) is 12.8 Å². The molecule has 0 aliphatic carbocycles. The number of carboxylic acids is 1. The van der Waals surface area contributed by atoms with Gasteiger partial charge in [0, 0.05) is 10.8 Å². The van der Waals surface area contributed by atoms with E-state index in [4.69, 9.17) is 5.11 Å². The van der Waals surface area contributed by atoms with Crippen molar-refractivity contribution in [1.29, 1.82) is 0 Å². The number of aliphatic carboxylic acids is 1. The van der Waals surface area contributed by atoms with Crippen LogP contribution in [-0.2, 0) is 4.79 Å². The third-order valence-corrected chi connectivity index (χ3v) is 1.53. The Hall–Kier alpha value is -0.0600. The second-order valence-corrected chi connectivity index (χ2v) is 2.79. The molecule has 0 aromatic rings. The molecule has 58 valence electrons. The number of alkyl halides is 1. The van der Waals surface area contributed by atoms with E-state index >= 15 is 0 Å². The molecule has 10 heavy (non-hydrogen) atoms. The van der Waals surface area contributed by atoms with E-state index in [1.807, 2.05) is 12.2 Å². The van der Waals surface area contributed by atoms with Gasteiger partial charge in [0.25, 0.3) is 0 Å². The molecule has 0 bridgehead atoms. The van der Waals surface area contributed by atoms with Gasteiger partial charge in [-0.1, -0.05) is 34.7 Å². The van der Waals surface area contributed by atoms with Crippen molar-refractivity contribution in [2.24, 2.45) is 0 Å². The zero-order chi connectivity index (χ0) is 7.82. The molecule has 1 N–H and O–H groups in total. The first kappa shape index (κ1) is 9.94. The van der Waals surface area contributed by atoms with Gasteiger partial charge < -0.3 is 5.11 Å². The third kappa shape index (κ3) is 7.94. The number of unbranched alkanes of at least 4 members (excludes halogenated alkanes) is 1. The Bertz CT molecular complexity index is 121. The number of carbonyl (C=O) groups is 1. The molecule has 0 aliphatic heterocycles. The van der Waals surface area contributed by atoms with Crippen LogP contribution in [0.5, 0.6) is 0 Å². The fourth-order valence-electron chi connectivity index (χ4n) is 0.552. The molecule has 0 rings (SSSR count). The first-order valence-corrected chi connectivity index (χ1v) is 4.72. The van der Waals surface area contributed by atoms with Crippen LogP contribution in [0.2, 0.25) is 0 Å². The smallest absolute Gasteiger partial charge is 0.303 e. The highest BCUT2D eigenvalue weighted by atomic mass is 127. The molecule has 0 unspecified atom stereocenters. The molecule has 0 heterocycles. The summed E-state index contributed by atoms with van der Waals surface area (Å²) in [5, 5.41) is 8.24.